The first-order chi connectivity index (χ1) is 9.06. The van der Waals surface area contributed by atoms with Crippen LogP contribution in [0.5, 0.6) is 5.75 Å². The Hall–Kier alpha value is -1.66. The van der Waals surface area contributed by atoms with Crippen LogP contribution in [0.2, 0.25) is 0 Å². The molecule has 0 aromatic heterocycles. The molecule has 0 bridgehead atoms. The predicted molar refractivity (Wildman–Crippen MR) is 70.3 cm³/mol. The zero-order valence-corrected chi connectivity index (χ0v) is 11.2. The second-order valence-corrected chi connectivity index (χ2v) is 4.12. The second-order valence-electron chi connectivity index (χ2n) is 4.12. The third kappa shape index (κ3) is 4.84. The molecule has 0 radical (unpaired) electrons. The molecule has 0 heterocycles. The minimum atomic E-state index is -0.827. The smallest absolute Gasteiger partial charge is 0.270 e. The molecule has 1 atom stereocenters. The van der Waals surface area contributed by atoms with E-state index in [0.717, 1.165) is 6.42 Å². The van der Waals surface area contributed by atoms with Gasteiger partial charge in [-0.25, -0.2) is 0 Å². The Bertz CT molecular complexity index is 419. The van der Waals surface area contributed by atoms with E-state index < -0.39 is 11.0 Å². The Morgan fingerprint density at radius 2 is 2.11 bits per heavy atom. The number of benzene rings is 1. The molecule has 0 saturated heterocycles. The highest BCUT2D eigenvalue weighted by atomic mass is 16.6. The van der Waals surface area contributed by atoms with Gasteiger partial charge in [0, 0.05) is 24.3 Å². The van der Waals surface area contributed by atoms with Crippen molar-refractivity contribution in [2.24, 2.45) is 0 Å². The average Bonchev–Trinajstić information content (AvgIpc) is 2.38. The first-order valence-corrected chi connectivity index (χ1v) is 6.23. The Morgan fingerprint density at radius 1 is 1.37 bits per heavy atom. The third-order valence-electron chi connectivity index (χ3n) is 2.49. The van der Waals surface area contributed by atoms with Gasteiger partial charge < -0.3 is 14.6 Å². The lowest BCUT2D eigenvalue weighted by molar-refractivity contribution is -0.385. The van der Waals surface area contributed by atoms with E-state index in [-0.39, 0.29) is 5.69 Å². The van der Waals surface area contributed by atoms with Gasteiger partial charge in [0.2, 0.25) is 0 Å². The molecular formula is C13H19NO5. The average molecular weight is 269 g/mol. The van der Waals surface area contributed by atoms with Crippen molar-refractivity contribution in [3.8, 4) is 5.75 Å². The maximum absolute atomic E-state index is 10.7. The van der Waals surface area contributed by atoms with Crippen LogP contribution in [-0.2, 0) is 4.74 Å². The summed E-state index contributed by atoms with van der Waals surface area (Å²) in [6.45, 7) is 5.02. The van der Waals surface area contributed by atoms with Gasteiger partial charge in [-0.2, -0.15) is 0 Å². The van der Waals surface area contributed by atoms with Crippen LogP contribution in [0, 0.1) is 10.1 Å². The monoisotopic (exact) mass is 269 g/mol. The summed E-state index contributed by atoms with van der Waals surface area (Å²) in [6, 6.07) is 4.18. The van der Waals surface area contributed by atoms with E-state index in [0.29, 0.717) is 31.1 Å². The molecule has 1 rings (SSSR count). The second kappa shape index (κ2) is 7.70. The van der Waals surface area contributed by atoms with Gasteiger partial charge in [-0.3, -0.25) is 10.1 Å². The normalized spacial score (nSPS) is 12.2. The Kier molecular flexibility index (Phi) is 6.24. The summed E-state index contributed by atoms with van der Waals surface area (Å²) in [5.41, 5.74) is 0.343. The maximum atomic E-state index is 10.7. The predicted octanol–water partition coefficient (Wildman–Crippen LogP) is 2.45. The molecule has 0 amide bonds. The van der Waals surface area contributed by atoms with E-state index in [1.807, 2.05) is 6.92 Å². The van der Waals surface area contributed by atoms with Crippen molar-refractivity contribution >= 4 is 5.69 Å². The summed E-state index contributed by atoms with van der Waals surface area (Å²) in [6.07, 6.45) is 0.114. The number of aliphatic hydroxyl groups is 1. The van der Waals surface area contributed by atoms with Crippen molar-refractivity contribution < 1.29 is 19.5 Å². The van der Waals surface area contributed by atoms with Gasteiger partial charge >= 0.3 is 0 Å². The fourth-order valence-electron chi connectivity index (χ4n) is 1.56. The van der Waals surface area contributed by atoms with E-state index >= 15 is 0 Å². The molecule has 106 valence electrons. The highest BCUT2D eigenvalue weighted by Gasteiger charge is 2.15. The minimum absolute atomic E-state index is 0.0644. The third-order valence-corrected chi connectivity index (χ3v) is 2.49. The number of aliphatic hydroxyl groups excluding tert-OH is 1. The van der Waals surface area contributed by atoms with Crippen LogP contribution in [0.15, 0.2) is 18.2 Å². The number of hydrogen-bond acceptors (Lipinski definition) is 5. The largest absolute Gasteiger partial charge is 0.491 e. The van der Waals surface area contributed by atoms with E-state index in [2.05, 4.69) is 0 Å². The highest BCUT2D eigenvalue weighted by molar-refractivity contribution is 5.44. The topological polar surface area (TPSA) is 81.8 Å². The van der Waals surface area contributed by atoms with Crippen LogP contribution in [0.1, 0.15) is 31.9 Å². The molecule has 0 fully saturated rings. The summed E-state index contributed by atoms with van der Waals surface area (Å²) in [5, 5.41) is 20.3. The fraction of sp³-hybridized carbons (Fsp3) is 0.538. The first-order valence-electron chi connectivity index (χ1n) is 6.23. The van der Waals surface area contributed by atoms with Crippen molar-refractivity contribution in [2.45, 2.75) is 26.4 Å². The van der Waals surface area contributed by atoms with Crippen LogP contribution in [0.25, 0.3) is 0 Å². The number of rotatable bonds is 8. The number of nitrogens with zero attached hydrogens (tertiary/aromatic N) is 1. The summed E-state index contributed by atoms with van der Waals surface area (Å²) in [7, 11) is 0. The Morgan fingerprint density at radius 3 is 2.68 bits per heavy atom. The van der Waals surface area contributed by atoms with Crippen LogP contribution >= 0.6 is 0 Å². The van der Waals surface area contributed by atoms with E-state index in [1.54, 1.807) is 6.92 Å². The Labute approximate surface area is 112 Å². The SMILES string of the molecule is CCCOCCOc1ccc([N+](=O)[O-])cc1[C@H](C)O. The van der Waals surface area contributed by atoms with E-state index in [1.165, 1.54) is 18.2 Å². The van der Waals surface area contributed by atoms with Gasteiger partial charge in [0.05, 0.1) is 17.6 Å². The molecule has 0 unspecified atom stereocenters. The number of nitro benzene ring substituents is 1. The highest BCUT2D eigenvalue weighted by Crippen LogP contribution is 2.29. The summed E-state index contributed by atoms with van der Waals surface area (Å²) >= 11 is 0. The number of ether oxygens (including phenoxy) is 2. The lowest BCUT2D eigenvalue weighted by Gasteiger charge is -2.13. The van der Waals surface area contributed by atoms with Gasteiger partial charge in [-0.05, 0) is 19.4 Å². The maximum Gasteiger partial charge on any atom is 0.270 e. The van der Waals surface area contributed by atoms with Crippen molar-refractivity contribution in [3.63, 3.8) is 0 Å². The molecule has 6 heteroatoms. The number of nitro groups is 1. The molecule has 1 aromatic rings. The van der Waals surface area contributed by atoms with E-state index in [4.69, 9.17) is 9.47 Å². The zero-order valence-electron chi connectivity index (χ0n) is 11.2. The van der Waals surface area contributed by atoms with Crippen LogP contribution in [-0.4, -0.2) is 29.9 Å². The zero-order chi connectivity index (χ0) is 14.3. The summed E-state index contributed by atoms with van der Waals surface area (Å²) in [5.74, 6) is 0.445. The summed E-state index contributed by atoms with van der Waals surface area (Å²) < 4.78 is 10.7. The molecule has 0 aliphatic carbocycles. The van der Waals surface area contributed by atoms with Crippen molar-refractivity contribution in [3.05, 3.63) is 33.9 Å². The molecule has 6 nitrogen and oxygen atoms in total. The Balaban J connectivity index is 2.69. The van der Waals surface area contributed by atoms with Crippen molar-refractivity contribution in [1.82, 2.24) is 0 Å². The minimum Gasteiger partial charge on any atom is -0.491 e. The number of hydrogen-bond donors (Lipinski definition) is 1. The van der Waals surface area contributed by atoms with Crippen LogP contribution in [0.3, 0.4) is 0 Å². The molecule has 1 N–H and O–H groups in total. The molecule has 0 saturated carbocycles. The lowest BCUT2D eigenvalue weighted by atomic mass is 10.1. The quantitative estimate of drug-likeness (QED) is 0.445. The molecule has 0 aliphatic heterocycles. The summed E-state index contributed by atoms with van der Waals surface area (Å²) in [4.78, 5) is 10.2. The van der Waals surface area contributed by atoms with E-state index in [9.17, 15) is 15.2 Å². The van der Waals surface area contributed by atoms with Crippen LogP contribution < -0.4 is 4.74 Å². The van der Waals surface area contributed by atoms with Crippen molar-refractivity contribution in [2.75, 3.05) is 19.8 Å². The number of non-ortho nitro benzene ring substituents is 1. The van der Waals surface area contributed by atoms with Gasteiger partial charge in [-0.1, -0.05) is 6.92 Å². The first kappa shape index (κ1) is 15.4. The van der Waals surface area contributed by atoms with Crippen molar-refractivity contribution in [1.29, 1.82) is 0 Å². The van der Waals surface area contributed by atoms with Gasteiger partial charge in [0.25, 0.3) is 5.69 Å². The van der Waals surface area contributed by atoms with Crippen LogP contribution in [0.4, 0.5) is 5.69 Å². The molecule has 1 aromatic carbocycles. The van der Waals surface area contributed by atoms with Gasteiger partial charge in [-0.15, -0.1) is 0 Å². The van der Waals surface area contributed by atoms with Gasteiger partial charge in [0.1, 0.15) is 12.4 Å². The fourth-order valence-corrected chi connectivity index (χ4v) is 1.56. The molecule has 0 spiro atoms. The molecule has 0 aliphatic rings. The molecule has 19 heavy (non-hydrogen) atoms. The lowest BCUT2D eigenvalue weighted by Crippen LogP contribution is -2.09. The van der Waals surface area contributed by atoms with Gasteiger partial charge in [0.15, 0.2) is 0 Å². The molecular weight excluding hydrogens is 250 g/mol. The standard InChI is InChI=1S/C13H19NO5/c1-3-6-18-7-8-19-13-5-4-11(14(16)17)9-12(13)10(2)15/h4-5,9-10,15H,3,6-8H2,1-2H3/t10-/m0/s1.